The number of hydrogen-bond acceptors (Lipinski definition) is 3. The van der Waals surface area contributed by atoms with E-state index in [1.807, 2.05) is 13.0 Å². The molecule has 0 unspecified atom stereocenters. The van der Waals surface area contributed by atoms with E-state index in [1.54, 1.807) is 20.8 Å². The van der Waals surface area contributed by atoms with E-state index in [4.69, 9.17) is 9.84 Å². The maximum absolute atomic E-state index is 11.0. The normalized spacial score (nSPS) is 11.4. The van der Waals surface area contributed by atoms with Crippen molar-refractivity contribution >= 4 is 21.9 Å². The number of benzene rings is 1. The van der Waals surface area contributed by atoms with Gasteiger partial charge >= 0.3 is 5.97 Å². The lowest BCUT2D eigenvalue weighted by Gasteiger charge is -2.19. The highest BCUT2D eigenvalue weighted by atomic mass is 79.9. The number of carboxylic acids is 1. The summed E-state index contributed by atoms with van der Waals surface area (Å²) in [6.45, 7) is 7.44. The molecule has 0 aliphatic rings. The molecule has 0 fully saturated rings. The monoisotopic (exact) mass is 344 g/mol. The molecular weight excluding hydrogens is 324 g/mol. The molecule has 112 valence electrons. The molecular formula is C15H21BrO4. The second kappa shape index (κ2) is 6.48. The number of aliphatic carboxylic acids is 1. The third kappa shape index (κ3) is 3.88. The predicted octanol–water partition coefficient (Wildman–Crippen LogP) is 4.04. The first kappa shape index (κ1) is 16.8. The molecule has 2 N–H and O–H groups in total. The fraction of sp³-hybridized carbons (Fsp3) is 0.533. The predicted molar refractivity (Wildman–Crippen MR) is 81.4 cm³/mol. The molecule has 0 spiro atoms. The average molecular weight is 345 g/mol. The maximum Gasteiger partial charge on any atom is 0.309 e. The van der Waals surface area contributed by atoms with Gasteiger partial charge in [-0.25, -0.2) is 0 Å². The lowest BCUT2D eigenvalue weighted by Crippen LogP contribution is -2.24. The van der Waals surface area contributed by atoms with Crippen molar-refractivity contribution in [3.8, 4) is 11.5 Å². The van der Waals surface area contributed by atoms with Crippen molar-refractivity contribution in [1.82, 2.24) is 0 Å². The number of halogens is 1. The highest BCUT2D eigenvalue weighted by molar-refractivity contribution is 9.10. The van der Waals surface area contributed by atoms with E-state index in [-0.39, 0.29) is 5.75 Å². The number of carboxylic acid groups (broad SMARTS) is 1. The summed E-state index contributed by atoms with van der Waals surface area (Å²) in [5.74, 6) is -0.204. The first-order valence-electron chi connectivity index (χ1n) is 6.51. The highest BCUT2D eigenvalue weighted by Crippen LogP contribution is 2.38. The van der Waals surface area contributed by atoms with Crippen LogP contribution in [0.5, 0.6) is 11.5 Å². The number of phenols is 1. The van der Waals surface area contributed by atoms with Crippen LogP contribution in [0.2, 0.25) is 0 Å². The summed E-state index contributed by atoms with van der Waals surface area (Å²) in [5.41, 5.74) is 0.824. The van der Waals surface area contributed by atoms with Gasteiger partial charge in [-0.2, -0.15) is 0 Å². The van der Waals surface area contributed by atoms with E-state index in [2.05, 4.69) is 15.9 Å². The SMILES string of the molecule is Cc1cc(Br)c(C)c(O)c1OCCCC(C)(C)C(=O)O. The van der Waals surface area contributed by atoms with Crippen LogP contribution in [0.25, 0.3) is 0 Å². The largest absolute Gasteiger partial charge is 0.504 e. The topological polar surface area (TPSA) is 66.8 Å². The fourth-order valence-corrected chi connectivity index (χ4v) is 2.34. The minimum atomic E-state index is -0.809. The van der Waals surface area contributed by atoms with E-state index in [0.29, 0.717) is 25.2 Å². The summed E-state index contributed by atoms with van der Waals surface area (Å²) in [4.78, 5) is 11.0. The zero-order valence-electron chi connectivity index (χ0n) is 12.3. The summed E-state index contributed by atoms with van der Waals surface area (Å²) < 4.78 is 6.45. The minimum absolute atomic E-state index is 0.134. The zero-order chi connectivity index (χ0) is 15.5. The van der Waals surface area contributed by atoms with Crippen molar-refractivity contribution in [2.75, 3.05) is 6.61 Å². The average Bonchev–Trinajstić information content (AvgIpc) is 2.35. The number of aryl methyl sites for hydroxylation is 1. The van der Waals surface area contributed by atoms with Crippen LogP contribution in [-0.2, 0) is 4.79 Å². The first-order valence-corrected chi connectivity index (χ1v) is 7.31. The van der Waals surface area contributed by atoms with Gasteiger partial charge in [-0.1, -0.05) is 15.9 Å². The van der Waals surface area contributed by atoms with Crippen LogP contribution in [0.1, 0.15) is 37.8 Å². The Balaban J connectivity index is 2.64. The Hall–Kier alpha value is -1.23. The molecule has 1 aromatic carbocycles. The third-order valence-corrected chi connectivity index (χ3v) is 4.23. The minimum Gasteiger partial charge on any atom is -0.504 e. The standard InChI is InChI=1S/C15H21BrO4/c1-9-8-11(16)10(2)12(17)13(9)20-7-5-6-15(3,4)14(18)19/h8,17H,5-7H2,1-4H3,(H,18,19). The maximum atomic E-state index is 11.0. The third-order valence-electron chi connectivity index (χ3n) is 3.40. The molecule has 0 aliphatic carbocycles. The Kier molecular flexibility index (Phi) is 5.45. The highest BCUT2D eigenvalue weighted by Gasteiger charge is 2.26. The van der Waals surface area contributed by atoms with Crippen LogP contribution < -0.4 is 4.74 Å². The molecule has 0 aromatic heterocycles. The summed E-state index contributed by atoms with van der Waals surface area (Å²) in [6, 6.07) is 1.89. The molecule has 0 atom stereocenters. The van der Waals surface area contributed by atoms with Crippen molar-refractivity contribution in [2.24, 2.45) is 5.41 Å². The van der Waals surface area contributed by atoms with E-state index < -0.39 is 11.4 Å². The number of hydrogen-bond donors (Lipinski definition) is 2. The Morgan fingerprint density at radius 1 is 1.40 bits per heavy atom. The number of aromatic hydroxyl groups is 1. The Labute approximate surface area is 127 Å². The van der Waals surface area contributed by atoms with Gasteiger partial charge in [-0.15, -0.1) is 0 Å². The van der Waals surface area contributed by atoms with E-state index in [1.165, 1.54) is 0 Å². The van der Waals surface area contributed by atoms with Crippen molar-refractivity contribution in [2.45, 2.75) is 40.5 Å². The molecule has 0 radical (unpaired) electrons. The zero-order valence-corrected chi connectivity index (χ0v) is 13.9. The number of rotatable bonds is 6. The van der Waals surface area contributed by atoms with Crippen molar-refractivity contribution in [1.29, 1.82) is 0 Å². The molecule has 0 bridgehead atoms. The van der Waals surface area contributed by atoms with Gasteiger partial charge in [0.05, 0.1) is 12.0 Å². The fourth-order valence-electron chi connectivity index (χ4n) is 1.81. The van der Waals surface area contributed by atoms with Gasteiger partial charge in [0.1, 0.15) is 0 Å². The van der Waals surface area contributed by atoms with Gasteiger partial charge in [0.25, 0.3) is 0 Å². The number of ether oxygens (including phenoxy) is 1. The van der Waals surface area contributed by atoms with Gasteiger partial charge < -0.3 is 14.9 Å². The molecule has 20 heavy (non-hydrogen) atoms. The Morgan fingerprint density at radius 2 is 2.00 bits per heavy atom. The lowest BCUT2D eigenvalue weighted by atomic mass is 9.88. The summed E-state index contributed by atoms with van der Waals surface area (Å²) in [6.07, 6.45) is 1.14. The van der Waals surface area contributed by atoms with Gasteiger partial charge in [0.15, 0.2) is 11.5 Å². The molecule has 1 rings (SSSR count). The van der Waals surface area contributed by atoms with E-state index >= 15 is 0 Å². The van der Waals surface area contributed by atoms with Crippen molar-refractivity contribution in [3.63, 3.8) is 0 Å². The van der Waals surface area contributed by atoms with Crippen molar-refractivity contribution < 1.29 is 19.7 Å². The molecule has 4 nitrogen and oxygen atoms in total. The molecule has 0 heterocycles. The van der Waals surface area contributed by atoms with Gasteiger partial charge in [0, 0.05) is 10.0 Å². The van der Waals surface area contributed by atoms with E-state index in [0.717, 1.165) is 15.6 Å². The van der Waals surface area contributed by atoms with Crippen LogP contribution in [-0.4, -0.2) is 22.8 Å². The molecule has 0 saturated heterocycles. The van der Waals surface area contributed by atoms with Gasteiger partial charge in [-0.3, -0.25) is 4.79 Å². The number of carbonyl (C=O) groups is 1. The van der Waals surface area contributed by atoms with Gasteiger partial charge in [-0.05, 0) is 52.2 Å². The van der Waals surface area contributed by atoms with Crippen molar-refractivity contribution in [3.05, 3.63) is 21.7 Å². The van der Waals surface area contributed by atoms with Crippen LogP contribution in [0.15, 0.2) is 10.5 Å². The Bertz CT molecular complexity index is 509. The first-order chi connectivity index (χ1) is 9.16. The quantitative estimate of drug-likeness (QED) is 0.764. The second-order valence-electron chi connectivity index (χ2n) is 5.62. The van der Waals surface area contributed by atoms with Crippen LogP contribution in [0.4, 0.5) is 0 Å². The summed E-state index contributed by atoms with van der Waals surface area (Å²) >= 11 is 3.37. The number of phenolic OH excluding ortho intramolecular Hbond substituents is 1. The lowest BCUT2D eigenvalue weighted by molar-refractivity contribution is -0.147. The van der Waals surface area contributed by atoms with Crippen LogP contribution >= 0.6 is 15.9 Å². The second-order valence-corrected chi connectivity index (χ2v) is 6.47. The summed E-state index contributed by atoms with van der Waals surface area (Å²) in [7, 11) is 0. The Morgan fingerprint density at radius 3 is 2.55 bits per heavy atom. The molecule has 5 heteroatoms. The molecule has 0 amide bonds. The molecule has 0 aliphatic heterocycles. The van der Waals surface area contributed by atoms with Crippen LogP contribution in [0, 0.1) is 19.3 Å². The van der Waals surface area contributed by atoms with E-state index in [9.17, 15) is 9.90 Å². The summed E-state index contributed by atoms with van der Waals surface area (Å²) in [5, 5.41) is 19.1. The molecule has 0 saturated carbocycles. The smallest absolute Gasteiger partial charge is 0.309 e. The molecule has 1 aromatic rings. The van der Waals surface area contributed by atoms with Crippen LogP contribution in [0.3, 0.4) is 0 Å². The van der Waals surface area contributed by atoms with Gasteiger partial charge in [0.2, 0.25) is 0 Å².